The van der Waals surface area contributed by atoms with Gasteiger partial charge in [-0.05, 0) is 25.8 Å². The van der Waals surface area contributed by atoms with E-state index in [0.717, 1.165) is 18.1 Å². The second kappa shape index (κ2) is 7.99. The highest BCUT2D eigenvalue weighted by atomic mass is 16.0. The minimum Gasteiger partial charge on any atom is -0.412 e. The van der Waals surface area contributed by atoms with E-state index >= 15 is 0 Å². The molecule has 2 aromatic rings. The molecule has 0 saturated heterocycles. The molecule has 6 N–H and O–H groups in total. The highest BCUT2D eigenvalue weighted by Gasteiger charge is 2.38. The maximum atomic E-state index is 7.47. The lowest BCUT2D eigenvalue weighted by atomic mass is 10.1. The number of benzene rings is 1. The number of hydrogen-bond donors (Lipinski definition) is 3. The predicted molar refractivity (Wildman–Crippen MR) is 113 cm³/mol. The lowest BCUT2D eigenvalue weighted by Gasteiger charge is -2.36. The predicted octanol–water partition coefficient (Wildman–Crippen LogP) is 2.33. The summed E-state index contributed by atoms with van der Waals surface area (Å²) in [6.07, 6.45) is 8.01. The Morgan fingerprint density at radius 3 is 2.75 bits per heavy atom. The lowest BCUT2D eigenvalue weighted by molar-refractivity contribution is 0.242. The maximum Gasteiger partial charge on any atom is 0.229 e. The van der Waals surface area contributed by atoms with E-state index in [9.17, 15) is 0 Å². The number of para-hydroxylation sites is 1. The summed E-state index contributed by atoms with van der Waals surface area (Å²) in [5.41, 5.74) is 9.07. The Labute approximate surface area is 164 Å². The molecule has 0 spiro atoms. The van der Waals surface area contributed by atoms with Crippen LogP contribution >= 0.6 is 0 Å². The van der Waals surface area contributed by atoms with Gasteiger partial charge < -0.3 is 21.9 Å². The van der Waals surface area contributed by atoms with Gasteiger partial charge >= 0.3 is 0 Å². The van der Waals surface area contributed by atoms with Gasteiger partial charge in [0, 0.05) is 31.4 Å². The third-order valence-electron chi connectivity index (χ3n) is 5.41. The number of hydrogen-bond acceptors (Lipinski definition) is 8. The van der Waals surface area contributed by atoms with E-state index in [4.69, 9.17) is 16.1 Å². The minimum atomic E-state index is 0. The van der Waals surface area contributed by atoms with Crippen LogP contribution in [0.2, 0.25) is 0 Å². The van der Waals surface area contributed by atoms with Crippen molar-refractivity contribution in [2.45, 2.75) is 38.6 Å². The molecule has 1 saturated carbocycles. The van der Waals surface area contributed by atoms with Crippen molar-refractivity contribution in [3.63, 3.8) is 0 Å². The molecule has 0 amide bonds. The van der Waals surface area contributed by atoms with E-state index in [1.807, 2.05) is 24.4 Å². The number of hydrazine groups is 2. The number of aromatic nitrogens is 2. The summed E-state index contributed by atoms with van der Waals surface area (Å²) >= 11 is 0. The molecule has 150 valence electrons. The maximum absolute atomic E-state index is 7.47. The Kier molecular flexibility index (Phi) is 5.66. The molecule has 9 nitrogen and oxygen atoms in total. The fourth-order valence-electron chi connectivity index (χ4n) is 4.01. The van der Waals surface area contributed by atoms with Crippen LogP contribution in [-0.4, -0.2) is 46.4 Å². The summed E-state index contributed by atoms with van der Waals surface area (Å²) in [7, 11) is 2.05. The average Bonchev–Trinajstić information content (AvgIpc) is 3.29. The van der Waals surface area contributed by atoms with Crippen LogP contribution in [0.25, 0.3) is 0 Å². The van der Waals surface area contributed by atoms with Crippen molar-refractivity contribution in [3.05, 3.63) is 30.0 Å². The molecule has 0 atom stereocenters. The largest absolute Gasteiger partial charge is 0.412 e. The summed E-state index contributed by atoms with van der Waals surface area (Å²) in [6.45, 7) is 3.03. The van der Waals surface area contributed by atoms with Crippen LogP contribution in [-0.2, 0) is 0 Å². The molecule has 2 aliphatic rings. The molecule has 9 heteroatoms. The molecular weight excluding hydrogens is 356 g/mol. The number of fused-ring (bicyclic) bond motifs is 1. The molecule has 0 radical (unpaired) electrons. The molecule has 28 heavy (non-hydrogen) atoms. The average molecular weight is 384 g/mol. The Hall–Kier alpha value is -2.91. The number of nitrogens with two attached hydrogens (primary N) is 1. The number of anilines is 5. The van der Waals surface area contributed by atoms with Gasteiger partial charge in [0.1, 0.15) is 5.69 Å². The van der Waals surface area contributed by atoms with Gasteiger partial charge in [0.2, 0.25) is 5.95 Å². The Morgan fingerprint density at radius 2 is 2.07 bits per heavy atom. The first-order chi connectivity index (χ1) is 13.1. The zero-order chi connectivity index (χ0) is 19.0. The van der Waals surface area contributed by atoms with Gasteiger partial charge in [-0.15, -0.1) is 5.12 Å². The van der Waals surface area contributed by atoms with Crippen molar-refractivity contribution in [2.75, 3.05) is 34.7 Å². The van der Waals surface area contributed by atoms with Gasteiger partial charge in [0.05, 0.1) is 17.6 Å². The minimum absolute atomic E-state index is 0. The molecule has 1 aliphatic carbocycles. The van der Waals surface area contributed by atoms with Crippen molar-refractivity contribution in [1.29, 1.82) is 5.41 Å². The van der Waals surface area contributed by atoms with Gasteiger partial charge in [-0.25, -0.2) is 4.98 Å². The zero-order valence-corrected chi connectivity index (χ0v) is 16.3. The summed E-state index contributed by atoms with van der Waals surface area (Å²) in [5.74, 6) is 1.45. The molecule has 1 aliphatic heterocycles. The van der Waals surface area contributed by atoms with Crippen LogP contribution in [0.15, 0.2) is 24.4 Å². The van der Waals surface area contributed by atoms with Gasteiger partial charge in [-0.3, -0.25) is 10.0 Å². The SMILES string of the molecule is CCN1N(C)c2cnc(Nc3cccc(C=N)c3N)nc2N1C1CCCC1.O. The van der Waals surface area contributed by atoms with Crippen LogP contribution in [0.5, 0.6) is 0 Å². The second-order valence-electron chi connectivity index (χ2n) is 6.98. The number of rotatable bonds is 5. The topological polar surface area (TPSA) is 129 Å². The van der Waals surface area contributed by atoms with Crippen molar-refractivity contribution >= 4 is 35.0 Å². The monoisotopic (exact) mass is 384 g/mol. The van der Waals surface area contributed by atoms with Gasteiger partial charge in [0.25, 0.3) is 0 Å². The van der Waals surface area contributed by atoms with Gasteiger partial charge in [-0.1, -0.05) is 25.0 Å². The second-order valence-corrected chi connectivity index (χ2v) is 6.98. The lowest BCUT2D eigenvalue weighted by Crippen LogP contribution is -2.51. The summed E-state index contributed by atoms with van der Waals surface area (Å²) in [4.78, 5) is 9.32. The molecule has 1 aromatic heterocycles. The van der Waals surface area contributed by atoms with Gasteiger partial charge in [0.15, 0.2) is 5.82 Å². The first-order valence-electron chi connectivity index (χ1n) is 9.47. The van der Waals surface area contributed by atoms with Crippen LogP contribution in [0.3, 0.4) is 0 Å². The molecule has 4 rings (SSSR count). The van der Waals surface area contributed by atoms with E-state index in [-0.39, 0.29) is 5.48 Å². The molecule has 0 unspecified atom stereocenters. The molecule has 0 bridgehead atoms. The highest BCUT2D eigenvalue weighted by molar-refractivity contribution is 5.91. The van der Waals surface area contributed by atoms with Crippen molar-refractivity contribution < 1.29 is 5.48 Å². The van der Waals surface area contributed by atoms with Crippen molar-refractivity contribution in [3.8, 4) is 0 Å². The smallest absolute Gasteiger partial charge is 0.229 e. The first kappa shape index (κ1) is 19.8. The van der Waals surface area contributed by atoms with Crippen molar-refractivity contribution in [2.24, 2.45) is 0 Å². The van der Waals surface area contributed by atoms with Crippen molar-refractivity contribution in [1.82, 2.24) is 15.1 Å². The zero-order valence-electron chi connectivity index (χ0n) is 16.3. The van der Waals surface area contributed by atoms with Gasteiger partial charge in [-0.2, -0.15) is 4.98 Å². The Bertz CT molecular complexity index is 852. The Morgan fingerprint density at radius 1 is 1.32 bits per heavy atom. The van der Waals surface area contributed by atoms with Crippen LogP contribution in [0.1, 0.15) is 38.2 Å². The molecular formula is C19H28N8O. The van der Waals surface area contributed by atoms with E-state index in [1.54, 1.807) is 0 Å². The third kappa shape index (κ3) is 3.23. The van der Waals surface area contributed by atoms with E-state index < -0.39 is 0 Å². The Balaban J connectivity index is 0.00000225. The van der Waals surface area contributed by atoms with Crippen LogP contribution in [0, 0.1) is 5.41 Å². The van der Waals surface area contributed by atoms with Crippen LogP contribution < -0.4 is 21.1 Å². The standard InChI is InChI=1S/C19H26N8.H2O/c1-3-26-25(2)16-12-22-19(23-15-10-6-7-13(11-20)17(15)21)24-18(16)27(26)14-8-4-5-9-14;/h6-7,10-12,14,20H,3-5,8-9,21H2,1-2H3,(H,22,23,24);1H2. The van der Waals surface area contributed by atoms with E-state index in [0.29, 0.717) is 28.9 Å². The first-order valence-corrected chi connectivity index (χ1v) is 9.47. The molecule has 1 aromatic carbocycles. The van der Waals surface area contributed by atoms with Crippen LogP contribution in [0.4, 0.5) is 28.8 Å². The number of nitrogens with zero attached hydrogens (tertiary/aromatic N) is 5. The van der Waals surface area contributed by atoms with E-state index in [1.165, 1.54) is 31.9 Å². The quantitative estimate of drug-likeness (QED) is 0.533. The molecule has 2 heterocycles. The fourth-order valence-corrected chi connectivity index (χ4v) is 4.01. The van der Waals surface area contributed by atoms with E-state index in [2.05, 4.69) is 39.4 Å². The summed E-state index contributed by atoms with van der Waals surface area (Å²) in [6, 6.07) is 6.03. The number of nitrogens with one attached hydrogen (secondary N) is 2. The molecule has 1 fully saturated rings. The summed E-state index contributed by atoms with van der Waals surface area (Å²) in [5, 5.41) is 17.4. The highest BCUT2D eigenvalue weighted by Crippen LogP contribution is 2.41. The fraction of sp³-hybridized carbons (Fsp3) is 0.421. The third-order valence-corrected chi connectivity index (χ3v) is 5.41. The normalized spacial score (nSPS) is 16.8. The summed E-state index contributed by atoms with van der Waals surface area (Å²) < 4.78 is 0. The number of nitrogen functional groups attached to an aromatic ring is 1.